The summed E-state index contributed by atoms with van der Waals surface area (Å²) >= 11 is 0. The third-order valence-corrected chi connectivity index (χ3v) is 7.80. The van der Waals surface area contributed by atoms with E-state index in [2.05, 4.69) is 5.32 Å². The first-order valence-corrected chi connectivity index (χ1v) is 15.9. The molecule has 0 spiro atoms. The fourth-order valence-electron chi connectivity index (χ4n) is 4.87. The van der Waals surface area contributed by atoms with Gasteiger partial charge in [-0.15, -0.1) is 0 Å². The highest BCUT2D eigenvalue weighted by Crippen LogP contribution is 2.27. The lowest BCUT2D eigenvalue weighted by Crippen LogP contribution is -2.37. The molecule has 0 saturated carbocycles. The summed E-state index contributed by atoms with van der Waals surface area (Å²) in [7, 11) is -3.75. The maximum atomic E-state index is 13.0. The Morgan fingerprint density at radius 1 is 0.826 bits per heavy atom. The SMILES string of the molecule is CS(=O)(=O)O[C@@H]1C[C@@H](CCc2ccc(CNC(=O)OCc3ccc([N+](=O)[O-])cc3)cc2)N(C(=O)OCc2ccc([N+](=O)[O-])cc2)C1. The number of likely N-dealkylation sites (tertiary alicyclic amines) is 1. The quantitative estimate of drug-likeness (QED) is 0.153. The fourth-order valence-corrected chi connectivity index (χ4v) is 5.51. The summed E-state index contributed by atoms with van der Waals surface area (Å²) < 4.78 is 39.2. The summed E-state index contributed by atoms with van der Waals surface area (Å²) in [5, 5.41) is 24.3. The number of ether oxygens (including phenoxy) is 2. The van der Waals surface area contributed by atoms with Gasteiger partial charge in [-0.2, -0.15) is 8.42 Å². The molecule has 1 aliphatic heterocycles. The first kappa shape index (κ1) is 33.8. The van der Waals surface area contributed by atoms with Crippen LogP contribution in [0.3, 0.4) is 0 Å². The molecule has 0 radical (unpaired) electrons. The Bertz CT molecular complexity index is 1650. The molecule has 3 aromatic carbocycles. The van der Waals surface area contributed by atoms with Crippen molar-refractivity contribution in [2.45, 2.75) is 51.2 Å². The number of non-ortho nitro benzene ring substituents is 2. The van der Waals surface area contributed by atoms with Crippen molar-refractivity contribution in [3.05, 3.63) is 115 Å². The maximum absolute atomic E-state index is 13.0. The van der Waals surface area contributed by atoms with Crippen LogP contribution in [-0.4, -0.2) is 60.3 Å². The predicted molar refractivity (Wildman–Crippen MR) is 163 cm³/mol. The van der Waals surface area contributed by atoms with Crippen LogP contribution >= 0.6 is 0 Å². The molecule has 16 heteroatoms. The summed E-state index contributed by atoms with van der Waals surface area (Å²) in [4.78, 5) is 47.1. The largest absolute Gasteiger partial charge is 0.445 e. The highest BCUT2D eigenvalue weighted by Gasteiger charge is 2.38. The number of carbonyl (C=O) groups excluding carboxylic acids is 2. The van der Waals surface area contributed by atoms with Crippen LogP contribution in [0, 0.1) is 20.2 Å². The van der Waals surface area contributed by atoms with Crippen molar-refractivity contribution in [1.29, 1.82) is 0 Å². The zero-order valence-electron chi connectivity index (χ0n) is 24.8. The molecule has 3 aromatic rings. The number of hydrogen-bond acceptors (Lipinski definition) is 11. The Labute approximate surface area is 264 Å². The number of nitrogens with one attached hydrogen (secondary N) is 1. The Balaban J connectivity index is 1.26. The molecular formula is C30H32N4O11S. The van der Waals surface area contributed by atoms with Gasteiger partial charge >= 0.3 is 12.2 Å². The van der Waals surface area contributed by atoms with Crippen molar-refractivity contribution in [3.63, 3.8) is 0 Å². The summed E-state index contributed by atoms with van der Waals surface area (Å²) in [6.07, 6.45) is 0.299. The lowest BCUT2D eigenvalue weighted by atomic mass is 10.0. The number of alkyl carbamates (subject to hydrolysis) is 1. The van der Waals surface area contributed by atoms with Crippen LogP contribution in [0.4, 0.5) is 21.0 Å². The average Bonchev–Trinajstić information content (AvgIpc) is 3.42. The molecule has 0 bridgehead atoms. The lowest BCUT2D eigenvalue weighted by Gasteiger charge is -2.24. The van der Waals surface area contributed by atoms with E-state index >= 15 is 0 Å². The van der Waals surface area contributed by atoms with Gasteiger partial charge in [0.05, 0.1) is 28.8 Å². The van der Waals surface area contributed by atoms with Gasteiger partial charge < -0.3 is 19.7 Å². The van der Waals surface area contributed by atoms with Crippen molar-refractivity contribution >= 4 is 33.7 Å². The molecule has 1 fully saturated rings. The van der Waals surface area contributed by atoms with Crippen LogP contribution in [0.15, 0.2) is 72.8 Å². The van der Waals surface area contributed by atoms with Gasteiger partial charge in [-0.05, 0) is 65.8 Å². The highest BCUT2D eigenvalue weighted by atomic mass is 32.2. The van der Waals surface area contributed by atoms with Crippen LogP contribution in [0.1, 0.15) is 35.1 Å². The minimum absolute atomic E-state index is 0.0295. The van der Waals surface area contributed by atoms with E-state index in [9.17, 15) is 38.2 Å². The lowest BCUT2D eigenvalue weighted by molar-refractivity contribution is -0.385. The Hall–Kier alpha value is -5.09. The predicted octanol–water partition coefficient (Wildman–Crippen LogP) is 4.62. The molecular weight excluding hydrogens is 624 g/mol. The number of aryl methyl sites for hydroxylation is 1. The van der Waals surface area contributed by atoms with Crippen molar-refractivity contribution in [3.8, 4) is 0 Å². The van der Waals surface area contributed by atoms with E-state index in [0.29, 0.717) is 30.4 Å². The topological polar surface area (TPSA) is 198 Å². The summed E-state index contributed by atoms with van der Waals surface area (Å²) in [6, 6.07) is 18.4. The van der Waals surface area contributed by atoms with Gasteiger partial charge in [-0.25, -0.2) is 9.59 Å². The molecule has 244 valence electrons. The smallest absolute Gasteiger partial charge is 0.410 e. The number of hydrogen-bond donors (Lipinski definition) is 1. The summed E-state index contributed by atoms with van der Waals surface area (Å²) in [5.41, 5.74) is 2.80. The first-order chi connectivity index (χ1) is 21.9. The molecule has 0 aromatic heterocycles. The van der Waals surface area contributed by atoms with Gasteiger partial charge in [-0.1, -0.05) is 24.3 Å². The van der Waals surface area contributed by atoms with Gasteiger partial charge in [0.15, 0.2) is 0 Å². The zero-order valence-corrected chi connectivity index (χ0v) is 25.6. The number of rotatable bonds is 13. The van der Waals surface area contributed by atoms with Crippen LogP contribution in [0.5, 0.6) is 0 Å². The van der Waals surface area contributed by atoms with Gasteiger partial charge in [0.25, 0.3) is 21.5 Å². The third-order valence-electron chi connectivity index (χ3n) is 7.17. The minimum atomic E-state index is -3.75. The van der Waals surface area contributed by atoms with Crippen LogP contribution < -0.4 is 5.32 Å². The molecule has 15 nitrogen and oxygen atoms in total. The van der Waals surface area contributed by atoms with Crippen molar-refractivity contribution in [2.75, 3.05) is 12.8 Å². The zero-order chi connectivity index (χ0) is 33.3. The van der Waals surface area contributed by atoms with Crippen LogP contribution in [0.2, 0.25) is 0 Å². The summed E-state index contributed by atoms with van der Waals surface area (Å²) in [5.74, 6) is 0. The Morgan fingerprint density at radius 3 is 1.85 bits per heavy atom. The van der Waals surface area contributed by atoms with Crippen LogP contribution in [0.25, 0.3) is 0 Å². The molecule has 1 N–H and O–H groups in total. The molecule has 2 atom stereocenters. The second-order valence-corrected chi connectivity index (χ2v) is 12.3. The van der Waals surface area contributed by atoms with Crippen molar-refractivity contribution in [2.24, 2.45) is 0 Å². The van der Waals surface area contributed by atoms with Gasteiger partial charge in [0.1, 0.15) is 13.2 Å². The van der Waals surface area contributed by atoms with E-state index in [1.165, 1.54) is 53.4 Å². The monoisotopic (exact) mass is 656 g/mol. The number of amides is 2. The number of carbonyl (C=O) groups is 2. The molecule has 46 heavy (non-hydrogen) atoms. The maximum Gasteiger partial charge on any atom is 0.410 e. The van der Waals surface area contributed by atoms with Gasteiger partial charge in [-0.3, -0.25) is 24.4 Å². The molecule has 0 aliphatic carbocycles. The van der Waals surface area contributed by atoms with Crippen molar-refractivity contribution < 1.29 is 41.5 Å². The van der Waals surface area contributed by atoms with Crippen LogP contribution in [-0.2, 0) is 50.0 Å². The highest BCUT2D eigenvalue weighted by molar-refractivity contribution is 7.86. The first-order valence-electron chi connectivity index (χ1n) is 14.1. The molecule has 2 amide bonds. The molecule has 1 saturated heterocycles. The number of nitrogens with zero attached hydrogens (tertiary/aromatic N) is 3. The third kappa shape index (κ3) is 10.2. The number of benzene rings is 3. The fraction of sp³-hybridized carbons (Fsp3) is 0.333. The number of nitro groups is 2. The normalized spacial score (nSPS) is 16.1. The Morgan fingerprint density at radius 2 is 1.33 bits per heavy atom. The molecule has 1 heterocycles. The Kier molecular flexibility index (Phi) is 11.2. The van der Waals surface area contributed by atoms with E-state index in [4.69, 9.17) is 13.7 Å². The molecule has 1 aliphatic rings. The van der Waals surface area contributed by atoms with E-state index in [0.717, 1.165) is 17.4 Å². The standard InChI is InChI=1S/C30H32N4O11S/c1-46(41,42)45-28-16-27(32(18-28)30(36)44-20-24-9-13-26(14-10-24)34(39)40)15-6-21-2-4-22(5-3-21)17-31-29(35)43-19-23-7-11-25(12-8-23)33(37)38/h2-5,7-14,27-28H,6,15-20H2,1H3,(H,31,35)/t27-,28-/m1/s1. The van der Waals surface area contributed by atoms with Gasteiger partial charge in [0.2, 0.25) is 0 Å². The summed E-state index contributed by atoms with van der Waals surface area (Å²) in [6.45, 7) is 0.0853. The van der Waals surface area contributed by atoms with E-state index in [1.807, 2.05) is 24.3 Å². The number of nitro benzene ring substituents is 2. The van der Waals surface area contributed by atoms with Gasteiger partial charge in [0, 0.05) is 36.9 Å². The molecule has 0 unspecified atom stereocenters. The molecule has 4 rings (SSSR count). The van der Waals surface area contributed by atoms with Crippen molar-refractivity contribution in [1.82, 2.24) is 10.2 Å². The van der Waals surface area contributed by atoms with E-state index in [1.54, 1.807) is 0 Å². The average molecular weight is 657 g/mol. The van der Waals surface area contributed by atoms with E-state index < -0.39 is 38.3 Å². The second kappa shape index (κ2) is 15.3. The second-order valence-electron chi connectivity index (χ2n) is 10.7. The minimum Gasteiger partial charge on any atom is -0.445 e. The van der Waals surface area contributed by atoms with E-state index in [-0.39, 0.29) is 43.7 Å².